The Bertz CT molecular complexity index is 1210. The summed E-state index contributed by atoms with van der Waals surface area (Å²) in [6.07, 6.45) is 11.9. The van der Waals surface area contributed by atoms with Gasteiger partial charge in [-0.3, -0.25) is 4.79 Å². The van der Waals surface area contributed by atoms with E-state index in [2.05, 4.69) is 51.2 Å². The van der Waals surface area contributed by atoms with E-state index >= 15 is 0 Å². The normalized spacial score (nSPS) is 14.1. The standard InChI is InChI=1S/C31H40N2O4/c1-7-21(2)11-8-12-22(3)13-9-14-23(4)17-18-33-26-19-24(34)20-28(37-6)30(26)32-29-25(31(33)35)15-10-16-27(29)36-5/h10-11,13,15-17,19-20,32,34H,7-9,12,14,18H2,1-6H3/b21-11-,22-13+,23-17+. The largest absolute Gasteiger partial charge is 0.508 e. The Hall–Kier alpha value is -3.67. The third kappa shape index (κ3) is 6.97. The summed E-state index contributed by atoms with van der Waals surface area (Å²) in [7, 11) is 3.11. The molecule has 0 bridgehead atoms. The van der Waals surface area contributed by atoms with Crippen LogP contribution in [0.25, 0.3) is 0 Å². The Morgan fingerprint density at radius 2 is 1.57 bits per heavy atom. The molecule has 0 saturated carbocycles. The molecule has 198 valence electrons. The van der Waals surface area contributed by atoms with Crippen LogP contribution in [0.15, 0.2) is 65.3 Å². The van der Waals surface area contributed by atoms with E-state index in [9.17, 15) is 9.90 Å². The summed E-state index contributed by atoms with van der Waals surface area (Å²) in [5, 5.41) is 13.7. The van der Waals surface area contributed by atoms with Crippen molar-refractivity contribution in [2.45, 2.75) is 59.8 Å². The molecular formula is C31H40N2O4. The van der Waals surface area contributed by atoms with E-state index in [4.69, 9.17) is 9.47 Å². The number of para-hydroxylation sites is 1. The van der Waals surface area contributed by atoms with Gasteiger partial charge in [0.25, 0.3) is 5.91 Å². The molecule has 6 heteroatoms. The number of carbonyl (C=O) groups is 1. The van der Waals surface area contributed by atoms with Crippen molar-refractivity contribution in [2.24, 2.45) is 0 Å². The number of nitrogens with zero attached hydrogens (tertiary/aromatic N) is 1. The zero-order valence-corrected chi connectivity index (χ0v) is 23.0. The van der Waals surface area contributed by atoms with Crippen LogP contribution in [-0.2, 0) is 0 Å². The number of amides is 1. The number of carbonyl (C=O) groups excluding carboxylic acids is 1. The SMILES string of the molecule is CC/C(C)=C\CC/C(C)=C/CC/C(C)=C/CN1C(=O)c2cccc(OC)c2Nc2c(OC)cc(O)cc21. The van der Waals surface area contributed by atoms with Crippen LogP contribution in [0.2, 0.25) is 0 Å². The van der Waals surface area contributed by atoms with Crippen molar-refractivity contribution >= 4 is 23.0 Å². The molecule has 2 aromatic rings. The molecule has 0 radical (unpaired) electrons. The van der Waals surface area contributed by atoms with Gasteiger partial charge in [0.15, 0.2) is 0 Å². The summed E-state index contributed by atoms with van der Waals surface area (Å²) in [4.78, 5) is 15.4. The Morgan fingerprint density at radius 1 is 0.919 bits per heavy atom. The van der Waals surface area contributed by atoms with Gasteiger partial charge in [-0.05, 0) is 65.0 Å². The van der Waals surface area contributed by atoms with Crippen LogP contribution < -0.4 is 19.7 Å². The second kappa shape index (κ2) is 13.0. The lowest BCUT2D eigenvalue weighted by atomic mass is 10.1. The van der Waals surface area contributed by atoms with Crippen molar-refractivity contribution in [1.82, 2.24) is 0 Å². The van der Waals surface area contributed by atoms with Crippen molar-refractivity contribution in [3.63, 3.8) is 0 Å². The number of methoxy groups -OCH3 is 2. The highest BCUT2D eigenvalue weighted by molar-refractivity contribution is 6.15. The predicted molar refractivity (Wildman–Crippen MR) is 153 cm³/mol. The molecule has 1 amide bonds. The lowest BCUT2D eigenvalue weighted by Gasteiger charge is -2.23. The molecule has 1 aliphatic heterocycles. The van der Waals surface area contributed by atoms with Crippen molar-refractivity contribution < 1.29 is 19.4 Å². The monoisotopic (exact) mass is 504 g/mol. The molecule has 0 aromatic heterocycles. The Kier molecular flexibility index (Phi) is 9.84. The molecule has 0 atom stereocenters. The summed E-state index contributed by atoms with van der Waals surface area (Å²) in [5.74, 6) is 0.848. The van der Waals surface area contributed by atoms with E-state index in [1.165, 1.54) is 29.9 Å². The number of hydrogen-bond acceptors (Lipinski definition) is 5. The molecule has 0 aliphatic carbocycles. The molecule has 6 nitrogen and oxygen atoms in total. The topological polar surface area (TPSA) is 71.0 Å². The van der Waals surface area contributed by atoms with E-state index in [1.54, 1.807) is 30.2 Å². The van der Waals surface area contributed by atoms with Gasteiger partial charge >= 0.3 is 0 Å². The molecule has 1 aliphatic rings. The van der Waals surface area contributed by atoms with E-state index in [0.717, 1.165) is 32.1 Å². The average Bonchev–Trinajstić information content (AvgIpc) is 3.00. The van der Waals surface area contributed by atoms with Gasteiger partial charge in [-0.25, -0.2) is 0 Å². The second-order valence-electron chi connectivity index (χ2n) is 9.55. The number of rotatable bonds is 11. The van der Waals surface area contributed by atoms with Crippen LogP contribution in [0.3, 0.4) is 0 Å². The first-order valence-corrected chi connectivity index (χ1v) is 12.9. The minimum atomic E-state index is -0.178. The molecular weight excluding hydrogens is 464 g/mol. The smallest absolute Gasteiger partial charge is 0.260 e. The number of phenols is 1. The second-order valence-corrected chi connectivity index (χ2v) is 9.55. The van der Waals surface area contributed by atoms with Gasteiger partial charge in [0.2, 0.25) is 0 Å². The van der Waals surface area contributed by atoms with Crippen LogP contribution in [0, 0.1) is 0 Å². The number of aromatic hydroxyl groups is 1. The van der Waals surface area contributed by atoms with Gasteiger partial charge in [0, 0.05) is 18.7 Å². The van der Waals surface area contributed by atoms with Crippen molar-refractivity contribution in [3.8, 4) is 17.2 Å². The van der Waals surface area contributed by atoms with E-state index in [-0.39, 0.29) is 11.7 Å². The van der Waals surface area contributed by atoms with E-state index in [1.807, 2.05) is 6.07 Å². The van der Waals surface area contributed by atoms with Gasteiger partial charge in [-0.2, -0.15) is 0 Å². The van der Waals surface area contributed by atoms with Crippen molar-refractivity contribution in [2.75, 3.05) is 31.0 Å². The lowest BCUT2D eigenvalue weighted by molar-refractivity contribution is 0.0991. The summed E-state index contributed by atoms with van der Waals surface area (Å²) in [6.45, 7) is 9.03. The molecule has 0 saturated heterocycles. The number of anilines is 3. The van der Waals surface area contributed by atoms with Gasteiger partial charge in [-0.1, -0.05) is 47.9 Å². The van der Waals surface area contributed by atoms with E-state index in [0.29, 0.717) is 40.7 Å². The summed E-state index contributed by atoms with van der Waals surface area (Å²) in [5.41, 5.74) is 6.28. The molecule has 1 heterocycles. The molecule has 3 rings (SSSR count). The Morgan fingerprint density at radius 3 is 2.22 bits per heavy atom. The lowest BCUT2D eigenvalue weighted by Crippen LogP contribution is -2.30. The van der Waals surface area contributed by atoms with Crippen molar-refractivity contribution in [3.05, 3.63) is 70.8 Å². The molecule has 2 N–H and O–H groups in total. The summed E-state index contributed by atoms with van der Waals surface area (Å²) >= 11 is 0. The average molecular weight is 505 g/mol. The number of benzene rings is 2. The molecule has 0 spiro atoms. The first-order chi connectivity index (χ1) is 17.8. The molecule has 2 aromatic carbocycles. The van der Waals surface area contributed by atoms with Crippen LogP contribution in [0.5, 0.6) is 17.2 Å². The summed E-state index contributed by atoms with van der Waals surface area (Å²) in [6, 6.07) is 8.51. The number of phenolic OH excluding ortho intramolecular Hbond substituents is 1. The minimum absolute atomic E-state index is 0.0263. The molecule has 0 fully saturated rings. The predicted octanol–water partition coefficient (Wildman–Crippen LogP) is 7.92. The zero-order valence-electron chi connectivity index (χ0n) is 23.0. The Labute approximate surface area is 221 Å². The fourth-order valence-electron chi connectivity index (χ4n) is 4.34. The van der Waals surface area contributed by atoms with E-state index < -0.39 is 0 Å². The van der Waals surface area contributed by atoms with Crippen LogP contribution >= 0.6 is 0 Å². The number of ether oxygens (including phenoxy) is 2. The maximum atomic E-state index is 13.7. The van der Waals surface area contributed by atoms with Crippen molar-refractivity contribution in [1.29, 1.82) is 0 Å². The zero-order chi connectivity index (χ0) is 26.9. The molecule has 37 heavy (non-hydrogen) atoms. The third-order valence-electron chi connectivity index (χ3n) is 6.79. The van der Waals surface area contributed by atoms with Gasteiger partial charge < -0.3 is 24.8 Å². The van der Waals surface area contributed by atoms with Crippen LogP contribution in [-0.4, -0.2) is 31.8 Å². The quantitative estimate of drug-likeness (QED) is 0.240. The summed E-state index contributed by atoms with van der Waals surface area (Å²) < 4.78 is 11.1. The van der Waals surface area contributed by atoms with Crippen LogP contribution in [0.4, 0.5) is 17.1 Å². The highest BCUT2D eigenvalue weighted by Gasteiger charge is 2.30. The fourth-order valence-corrected chi connectivity index (χ4v) is 4.34. The van der Waals surface area contributed by atoms with Crippen LogP contribution in [0.1, 0.15) is 70.2 Å². The first kappa shape index (κ1) is 27.9. The first-order valence-electron chi connectivity index (χ1n) is 12.9. The number of nitrogens with one attached hydrogen (secondary N) is 1. The maximum Gasteiger partial charge on any atom is 0.260 e. The van der Waals surface area contributed by atoms with Gasteiger partial charge in [0.1, 0.15) is 22.9 Å². The highest BCUT2D eigenvalue weighted by Crippen LogP contribution is 2.46. The van der Waals surface area contributed by atoms with Gasteiger partial charge in [-0.15, -0.1) is 0 Å². The number of allylic oxidation sites excluding steroid dienone is 5. The maximum absolute atomic E-state index is 13.7. The fraction of sp³-hybridized carbons (Fsp3) is 0.387. The number of fused-ring (bicyclic) bond motifs is 2. The molecule has 0 unspecified atom stereocenters. The third-order valence-corrected chi connectivity index (χ3v) is 6.79. The highest BCUT2D eigenvalue weighted by atomic mass is 16.5. The number of hydrogen-bond donors (Lipinski definition) is 2. The Balaban J connectivity index is 1.82. The van der Waals surface area contributed by atoms with Gasteiger partial charge in [0.05, 0.1) is 31.2 Å². The minimum Gasteiger partial charge on any atom is -0.508 e.